The molecule has 0 atom stereocenters. The van der Waals surface area contributed by atoms with E-state index in [-0.39, 0.29) is 0 Å². The number of halogens is 1. The van der Waals surface area contributed by atoms with E-state index >= 15 is 0 Å². The van der Waals surface area contributed by atoms with Gasteiger partial charge in [-0.3, -0.25) is 10.1 Å². The topological polar surface area (TPSA) is 77.3 Å². The highest BCUT2D eigenvalue weighted by Gasteiger charge is 2.22. The van der Waals surface area contributed by atoms with E-state index in [2.05, 4.69) is 13.2 Å². The van der Waals surface area contributed by atoms with Crippen LogP contribution in [0.3, 0.4) is 0 Å². The van der Waals surface area contributed by atoms with Gasteiger partial charge in [0.05, 0.1) is 4.92 Å². The van der Waals surface area contributed by atoms with Gasteiger partial charge in [-0.05, 0) is 6.08 Å². The predicted octanol–water partition coefficient (Wildman–Crippen LogP) is 1.42. The average molecular weight is 224 g/mol. The first-order valence-corrected chi connectivity index (χ1v) is 5.23. The molecule has 0 aromatic heterocycles. The lowest BCUT2D eigenvalue weighted by atomic mass is 10.4. The monoisotopic (exact) mass is 223 g/mol. The Balaban J connectivity index is 5.74. The van der Waals surface area contributed by atoms with Crippen LogP contribution in [0.1, 0.15) is 0 Å². The first-order chi connectivity index (χ1) is 5.84. The third-order valence-electron chi connectivity index (χ3n) is 1.09. The van der Waals surface area contributed by atoms with E-state index in [0.717, 1.165) is 12.2 Å². The van der Waals surface area contributed by atoms with Gasteiger partial charge >= 0.3 is 0 Å². The van der Waals surface area contributed by atoms with Crippen molar-refractivity contribution in [3.8, 4) is 0 Å². The molecule has 72 valence electrons. The van der Waals surface area contributed by atoms with Gasteiger partial charge < -0.3 is 0 Å². The lowest BCUT2D eigenvalue weighted by Crippen LogP contribution is -2.04. The molecule has 0 spiro atoms. The Morgan fingerprint density at radius 3 is 1.92 bits per heavy atom. The molecule has 0 aromatic rings. The van der Waals surface area contributed by atoms with Crippen LogP contribution >= 0.6 is 10.7 Å². The van der Waals surface area contributed by atoms with Crippen molar-refractivity contribution in [2.24, 2.45) is 0 Å². The van der Waals surface area contributed by atoms with Crippen LogP contribution in [-0.4, -0.2) is 13.3 Å². The molecule has 13 heavy (non-hydrogen) atoms. The molecule has 0 aliphatic carbocycles. The van der Waals surface area contributed by atoms with Crippen LogP contribution in [0.5, 0.6) is 0 Å². The van der Waals surface area contributed by atoms with Gasteiger partial charge in [-0.25, -0.2) is 8.42 Å². The van der Waals surface area contributed by atoms with Crippen LogP contribution < -0.4 is 0 Å². The summed E-state index contributed by atoms with van der Waals surface area (Å²) in [6, 6.07) is 0. The molecule has 0 saturated heterocycles. The van der Waals surface area contributed by atoms with Gasteiger partial charge in [-0.15, -0.1) is 0 Å². The molecule has 0 amide bonds. The molecule has 0 rings (SSSR count). The number of allylic oxidation sites excluding steroid dienone is 2. The molecule has 0 aliphatic rings. The minimum atomic E-state index is -4.15. The van der Waals surface area contributed by atoms with Gasteiger partial charge in [-0.1, -0.05) is 13.2 Å². The smallest absolute Gasteiger partial charge is 0.258 e. The molecule has 5 nitrogen and oxygen atoms in total. The Labute approximate surface area is 79.6 Å². The van der Waals surface area contributed by atoms with Crippen LogP contribution in [0, 0.1) is 10.1 Å². The predicted molar refractivity (Wildman–Crippen MR) is 49.2 cm³/mol. The summed E-state index contributed by atoms with van der Waals surface area (Å²) < 4.78 is 21.5. The molecular formula is C6H6ClNO4S. The maximum Gasteiger partial charge on any atom is 0.288 e. The van der Waals surface area contributed by atoms with E-state index in [1.54, 1.807) is 0 Å². The van der Waals surface area contributed by atoms with Crippen molar-refractivity contribution in [1.29, 1.82) is 0 Å². The van der Waals surface area contributed by atoms with Gasteiger partial charge in [0.1, 0.15) is 0 Å². The van der Waals surface area contributed by atoms with Crippen molar-refractivity contribution < 1.29 is 13.3 Å². The van der Waals surface area contributed by atoms with Crippen LogP contribution in [0.4, 0.5) is 0 Å². The van der Waals surface area contributed by atoms with Gasteiger partial charge in [0.2, 0.25) is 0 Å². The van der Waals surface area contributed by atoms with Crippen molar-refractivity contribution in [2.45, 2.75) is 0 Å². The first-order valence-electron chi connectivity index (χ1n) is 2.92. The minimum absolute atomic E-state index is 0.658. The molecular weight excluding hydrogens is 218 g/mol. The number of hydrogen-bond donors (Lipinski definition) is 0. The van der Waals surface area contributed by atoms with E-state index in [4.69, 9.17) is 10.7 Å². The summed E-state index contributed by atoms with van der Waals surface area (Å²) in [5.74, 6) is 0. The van der Waals surface area contributed by atoms with Gasteiger partial charge in [0.25, 0.3) is 14.7 Å². The fourth-order valence-electron chi connectivity index (χ4n) is 0.594. The minimum Gasteiger partial charge on any atom is -0.258 e. The zero-order chi connectivity index (χ0) is 10.6. The van der Waals surface area contributed by atoms with Crippen LogP contribution in [0.15, 0.2) is 35.9 Å². The molecule has 0 N–H and O–H groups in total. The van der Waals surface area contributed by atoms with Gasteiger partial charge in [0, 0.05) is 16.8 Å². The zero-order valence-electron chi connectivity index (χ0n) is 6.44. The normalized spacial score (nSPS) is 13.0. The summed E-state index contributed by atoms with van der Waals surface area (Å²) in [7, 11) is 0.757. The maximum atomic E-state index is 10.8. The second-order valence-corrected chi connectivity index (χ2v) is 4.39. The molecule has 0 bridgehead atoms. The van der Waals surface area contributed by atoms with Crippen LogP contribution in [0.2, 0.25) is 0 Å². The third kappa shape index (κ3) is 3.00. The van der Waals surface area contributed by atoms with Crippen LogP contribution in [-0.2, 0) is 9.05 Å². The second-order valence-electron chi connectivity index (χ2n) is 1.85. The Morgan fingerprint density at radius 1 is 1.38 bits per heavy atom. The summed E-state index contributed by atoms with van der Waals surface area (Å²) in [6.07, 6.45) is 1.58. The molecule has 0 heterocycles. The van der Waals surface area contributed by atoms with E-state index in [1.165, 1.54) is 0 Å². The van der Waals surface area contributed by atoms with Crippen LogP contribution in [0.25, 0.3) is 0 Å². The summed E-state index contributed by atoms with van der Waals surface area (Å²) in [5.41, 5.74) is -0.690. The Bertz CT molecular complexity index is 381. The van der Waals surface area contributed by atoms with Gasteiger partial charge in [0.15, 0.2) is 4.91 Å². The Kier molecular flexibility index (Phi) is 3.83. The van der Waals surface area contributed by atoms with E-state index in [1.807, 2.05) is 0 Å². The maximum absolute atomic E-state index is 10.8. The van der Waals surface area contributed by atoms with Crippen molar-refractivity contribution in [3.05, 3.63) is 46.0 Å². The van der Waals surface area contributed by atoms with Crippen molar-refractivity contribution >= 4 is 19.7 Å². The van der Waals surface area contributed by atoms with E-state index in [0.29, 0.717) is 0 Å². The van der Waals surface area contributed by atoms with Crippen molar-refractivity contribution in [1.82, 2.24) is 0 Å². The highest BCUT2D eigenvalue weighted by atomic mass is 35.7. The molecule has 0 radical (unpaired) electrons. The lowest BCUT2D eigenvalue weighted by molar-refractivity contribution is -0.419. The summed E-state index contributed by atoms with van der Waals surface area (Å²) in [5, 5.41) is 10.3. The molecule has 7 heteroatoms. The largest absolute Gasteiger partial charge is 0.288 e. The molecule has 0 aliphatic heterocycles. The quantitative estimate of drug-likeness (QED) is 0.313. The summed E-state index contributed by atoms with van der Waals surface area (Å²) in [6.45, 7) is 6.20. The molecule has 0 saturated carbocycles. The number of rotatable bonds is 4. The Hall–Kier alpha value is -1.14. The van der Waals surface area contributed by atoms with Crippen molar-refractivity contribution in [3.63, 3.8) is 0 Å². The van der Waals surface area contributed by atoms with Gasteiger partial charge in [-0.2, -0.15) is 0 Å². The molecule has 0 aromatic carbocycles. The number of hydrogen-bond acceptors (Lipinski definition) is 4. The highest BCUT2D eigenvalue weighted by molar-refractivity contribution is 8.17. The molecule has 0 fully saturated rings. The average Bonchev–Trinajstić information content (AvgIpc) is 1.96. The fourth-order valence-corrected chi connectivity index (χ4v) is 1.63. The zero-order valence-corrected chi connectivity index (χ0v) is 8.01. The molecule has 0 unspecified atom stereocenters. The van der Waals surface area contributed by atoms with E-state index < -0.39 is 24.6 Å². The second kappa shape index (κ2) is 4.20. The SMILES string of the molecule is C=C/C(=C(\C=C)S(=O)(=O)Cl)[N+](=O)[O-]. The standard InChI is InChI=1S/C6H6ClNO4S/c1-3-5(8(9)10)6(4-2)13(7,11)12/h3-4H,1-2H2/b6-5-. The number of nitrogens with zero attached hydrogens (tertiary/aromatic N) is 1. The first kappa shape index (κ1) is 11.9. The van der Waals surface area contributed by atoms with E-state index in [9.17, 15) is 18.5 Å². The third-order valence-corrected chi connectivity index (χ3v) is 2.49. The fraction of sp³-hybridized carbons (Fsp3) is 0. The van der Waals surface area contributed by atoms with Crippen molar-refractivity contribution in [2.75, 3.05) is 0 Å². The lowest BCUT2D eigenvalue weighted by Gasteiger charge is -1.96. The summed E-state index contributed by atoms with van der Waals surface area (Å²) in [4.78, 5) is 8.73. The number of nitro groups is 1. The summed E-state index contributed by atoms with van der Waals surface area (Å²) >= 11 is 0. The Morgan fingerprint density at radius 2 is 1.85 bits per heavy atom. The highest BCUT2D eigenvalue weighted by Crippen LogP contribution is 2.18.